The molecule has 2 N–H and O–H groups in total. The lowest BCUT2D eigenvalue weighted by atomic mass is 10.0. The average molecular weight is 495 g/mol. The number of carbonyl (C=O) groups is 1. The fourth-order valence-corrected chi connectivity index (χ4v) is 3.25. The highest BCUT2D eigenvalue weighted by Crippen LogP contribution is 2.26. The van der Waals surface area contributed by atoms with Gasteiger partial charge in [-0.15, -0.1) is 0 Å². The number of hydrogen-bond acceptors (Lipinski definition) is 4. The van der Waals surface area contributed by atoms with Gasteiger partial charge in [0, 0.05) is 22.3 Å². The second kappa shape index (κ2) is 9.75. The van der Waals surface area contributed by atoms with Crippen LogP contribution in [0.1, 0.15) is 57.5 Å². The van der Waals surface area contributed by atoms with Gasteiger partial charge in [-0.2, -0.15) is 0 Å². The van der Waals surface area contributed by atoms with E-state index >= 15 is 0 Å². The topological polar surface area (TPSA) is 71.5 Å². The number of nitrogens with zero attached hydrogens (tertiary/aromatic N) is 1. The summed E-state index contributed by atoms with van der Waals surface area (Å²) in [4.78, 5) is 16.8. The molecule has 0 fully saturated rings. The standard InChI is InChI=1S/C23H25BrF2N2O3/c1-22(2,3)31-21(29)28-19(11-15-8-16(25)12-17(26)9-15)20-18(24)10-14(13-27-20)6-7-23(4,5)30/h8-10,12-13,19,30H,11H2,1-5H3,(H,28,29). The molecule has 2 rings (SSSR count). The van der Waals surface area contributed by atoms with Crippen LogP contribution in [0.3, 0.4) is 0 Å². The van der Waals surface area contributed by atoms with Crippen molar-refractivity contribution in [3.8, 4) is 11.8 Å². The highest BCUT2D eigenvalue weighted by Gasteiger charge is 2.24. The quantitative estimate of drug-likeness (QED) is 0.583. The van der Waals surface area contributed by atoms with Crippen LogP contribution in [0.4, 0.5) is 13.6 Å². The molecule has 1 atom stereocenters. The minimum Gasteiger partial charge on any atom is -0.444 e. The van der Waals surface area contributed by atoms with E-state index in [0.29, 0.717) is 21.3 Å². The van der Waals surface area contributed by atoms with E-state index in [9.17, 15) is 18.7 Å². The van der Waals surface area contributed by atoms with Crippen LogP contribution in [0.2, 0.25) is 0 Å². The number of ether oxygens (including phenoxy) is 1. The molecule has 166 valence electrons. The van der Waals surface area contributed by atoms with E-state index in [1.54, 1.807) is 40.7 Å². The van der Waals surface area contributed by atoms with Crippen molar-refractivity contribution >= 4 is 22.0 Å². The summed E-state index contributed by atoms with van der Waals surface area (Å²) in [5.41, 5.74) is -0.554. The van der Waals surface area contributed by atoms with Gasteiger partial charge >= 0.3 is 6.09 Å². The number of hydrogen-bond donors (Lipinski definition) is 2. The Labute approximate surface area is 189 Å². The molecule has 2 aromatic rings. The lowest BCUT2D eigenvalue weighted by Gasteiger charge is -2.24. The van der Waals surface area contributed by atoms with Crippen molar-refractivity contribution in [3.05, 3.63) is 63.4 Å². The van der Waals surface area contributed by atoms with Crippen LogP contribution < -0.4 is 5.32 Å². The maximum Gasteiger partial charge on any atom is 0.408 e. The average Bonchev–Trinajstić information content (AvgIpc) is 2.56. The first-order valence-corrected chi connectivity index (χ1v) is 10.4. The Morgan fingerprint density at radius 3 is 2.32 bits per heavy atom. The van der Waals surface area contributed by atoms with Gasteiger partial charge in [-0.3, -0.25) is 4.98 Å². The van der Waals surface area contributed by atoms with E-state index in [4.69, 9.17) is 4.74 Å². The Morgan fingerprint density at radius 2 is 1.81 bits per heavy atom. The number of rotatable bonds is 4. The molecule has 0 aliphatic rings. The normalized spacial score (nSPS) is 12.5. The second-order valence-corrected chi connectivity index (χ2v) is 9.44. The SMILES string of the molecule is CC(C)(O)C#Cc1cnc(C(Cc2cc(F)cc(F)c2)NC(=O)OC(C)(C)C)c(Br)c1. The van der Waals surface area contributed by atoms with Gasteiger partial charge in [-0.05, 0) is 80.7 Å². The molecule has 5 nitrogen and oxygen atoms in total. The molecule has 0 aliphatic heterocycles. The number of nitrogens with one attached hydrogen (secondary N) is 1. The summed E-state index contributed by atoms with van der Waals surface area (Å²) in [5.74, 6) is 4.09. The maximum atomic E-state index is 13.7. The zero-order valence-corrected chi connectivity index (χ0v) is 19.6. The van der Waals surface area contributed by atoms with E-state index in [0.717, 1.165) is 6.07 Å². The van der Waals surface area contributed by atoms with E-state index in [2.05, 4.69) is 38.1 Å². The highest BCUT2D eigenvalue weighted by molar-refractivity contribution is 9.10. The van der Waals surface area contributed by atoms with Crippen molar-refractivity contribution in [1.82, 2.24) is 10.3 Å². The van der Waals surface area contributed by atoms with Crippen LogP contribution in [0.5, 0.6) is 0 Å². The Balaban J connectivity index is 2.38. The van der Waals surface area contributed by atoms with Gasteiger partial charge in [0.25, 0.3) is 0 Å². The van der Waals surface area contributed by atoms with E-state index in [1.807, 2.05) is 0 Å². The van der Waals surface area contributed by atoms with Crippen molar-refractivity contribution < 1.29 is 23.4 Å². The number of pyridine rings is 1. The first-order chi connectivity index (χ1) is 14.2. The predicted molar refractivity (Wildman–Crippen MR) is 117 cm³/mol. The van der Waals surface area contributed by atoms with Crippen LogP contribution in [-0.4, -0.2) is 27.4 Å². The fourth-order valence-electron chi connectivity index (χ4n) is 2.63. The summed E-state index contributed by atoms with van der Waals surface area (Å²) in [6.45, 7) is 8.32. The third kappa shape index (κ3) is 8.64. The highest BCUT2D eigenvalue weighted by atomic mass is 79.9. The van der Waals surface area contributed by atoms with Crippen LogP contribution in [-0.2, 0) is 11.2 Å². The number of benzene rings is 1. The molecule has 1 unspecified atom stereocenters. The van der Waals surface area contributed by atoms with E-state index in [1.165, 1.54) is 18.3 Å². The number of aliphatic hydroxyl groups is 1. The van der Waals surface area contributed by atoms with Crippen LogP contribution in [0.25, 0.3) is 0 Å². The molecule has 0 aliphatic carbocycles. The van der Waals surface area contributed by atoms with Crippen molar-refractivity contribution in [2.75, 3.05) is 0 Å². The molecule has 1 heterocycles. The Kier molecular flexibility index (Phi) is 7.79. The Morgan fingerprint density at radius 1 is 1.19 bits per heavy atom. The molecule has 1 aromatic carbocycles. The van der Waals surface area contributed by atoms with Crippen LogP contribution in [0.15, 0.2) is 34.9 Å². The third-order valence-corrected chi connectivity index (χ3v) is 4.40. The van der Waals surface area contributed by atoms with Gasteiger partial charge in [-0.1, -0.05) is 11.8 Å². The Bertz CT molecular complexity index is 998. The minimum absolute atomic E-state index is 0.0776. The minimum atomic E-state index is -1.16. The number of amides is 1. The number of alkyl carbamates (subject to hydrolysis) is 1. The summed E-state index contributed by atoms with van der Waals surface area (Å²) in [5, 5.41) is 12.5. The van der Waals surface area contributed by atoms with E-state index < -0.39 is 35.0 Å². The van der Waals surface area contributed by atoms with Crippen molar-refractivity contribution in [2.45, 2.75) is 58.3 Å². The molecule has 8 heteroatoms. The monoisotopic (exact) mass is 494 g/mol. The Hall–Kier alpha value is -2.50. The number of aromatic nitrogens is 1. The molecular formula is C23H25BrF2N2O3. The van der Waals surface area contributed by atoms with Gasteiger partial charge in [0.05, 0.1) is 11.7 Å². The van der Waals surface area contributed by atoms with Crippen molar-refractivity contribution in [2.24, 2.45) is 0 Å². The summed E-state index contributed by atoms with van der Waals surface area (Å²) >= 11 is 3.43. The number of halogens is 3. The van der Waals surface area contributed by atoms with Gasteiger partial charge < -0.3 is 15.2 Å². The van der Waals surface area contributed by atoms with Crippen LogP contribution in [0, 0.1) is 23.5 Å². The molecule has 0 saturated carbocycles. The smallest absolute Gasteiger partial charge is 0.408 e. The largest absolute Gasteiger partial charge is 0.444 e. The molecule has 1 amide bonds. The van der Waals surface area contributed by atoms with Gasteiger partial charge in [0.2, 0.25) is 0 Å². The number of carbonyl (C=O) groups excluding carboxylic acids is 1. The van der Waals surface area contributed by atoms with Crippen molar-refractivity contribution in [1.29, 1.82) is 0 Å². The summed E-state index contributed by atoms with van der Waals surface area (Å²) in [6.07, 6.45) is 0.886. The maximum absolute atomic E-state index is 13.7. The third-order valence-electron chi connectivity index (χ3n) is 3.77. The molecule has 0 bridgehead atoms. The zero-order chi connectivity index (χ0) is 23.4. The fraction of sp³-hybridized carbons (Fsp3) is 0.391. The first-order valence-electron chi connectivity index (χ1n) is 9.57. The molecular weight excluding hydrogens is 470 g/mol. The lowest BCUT2D eigenvalue weighted by molar-refractivity contribution is 0.0502. The van der Waals surface area contributed by atoms with E-state index in [-0.39, 0.29) is 6.42 Å². The lowest BCUT2D eigenvalue weighted by Crippen LogP contribution is -2.36. The van der Waals surface area contributed by atoms with Gasteiger partial charge in [0.15, 0.2) is 0 Å². The van der Waals surface area contributed by atoms with Gasteiger partial charge in [0.1, 0.15) is 22.8 Å². The second-order valence-electron chi connectivity index (χ2n) is 8.58. The molecule has 31 heavy (non-hydrogen) atoms. The molecule has 0 radical (unpaired) electrons. The molecule has 1 aromatic heterocycles. The summed E-state index contributed by atoms with van der Waals surface area (Å²) < 4.78 is 33.2. The summed E-state index contributed by atoms with van der Waals surface area (Å²) in [6, 6.07) is 4.14. The molecule has 0 saturated heterocycles. The predicted octanol–water partition coefficient (Wildman–Crippen LogP) is 5.05. The summed E-state index contributed by atoms with van der Waals surface area (Å²) in [7, 11) is 0. The first kappa shape index (κ1) is 24.8. The molecule has 0 spiro atoms. The van der Waals surface area contributed by atoms with Crippen LogP contribution >= 0.6 is 15.9 Å². The van der Waals surface area contributed by atoms with Gasteiger partial charge in [-0.25, -0.2) is 13.6 Å². The zero-order valence-electron chi connectivity index (χ0n) is 18.0. The van der Waals surface area contributed by atoms with Crippen molar-refractivity contribution in [3.63, 3.8) is 0 Å².